The lowest BCUT2D eigenvalue weighted by Crippen LogP contribution is -2.43. The molecule has 1 fully saturated rings. The van der Waals surface area contributed by atoms with Crippen LogP contribution in [0.4, 0.5) is 5.69 Å². The predicted octanol–water partition coefficient (Wildman–Crippen LogP) is 2.25. The van der Waals surface area contributed by atoms with E-state index in [0.717, 1.165) is 19.3 Å². The van der Waals surface area contributed by atoms with Crippen molar-refractivity contribution in [3.05, 3.63) is 59.9 Å². The summed E-state index contributed by atoms with van der Waals surface area (Å²) in [5, 5.41) is 5.32. The molecule has 7 nitrogen and oxygen atoms in total. The number of piperidine rings is 1. The summed E-state index contributed by atoms with van der Waals surface area (Å²) >= 11 is 0. The highest BCUT2D eigenvalue weighted by Crippen LogP contribution is 2.18. The van der Waals surface area contributed by atoms with Crippen molar-refractivity contribution in [1.82, 2.24) is 15.2 Å². The van der Waals surface area contributed by atoms with Crippen molar-refractivity contribution < 1.29 is 14.4 Å². The number of hydrogen-bond acceptors (Lipinski definition) is 4. The first-order valence-corrected chi connectivity index (χ1v) is 9.94. The molecule has 29 heavy (non-hydrogen) atoms. The van der Waals surface area contributed by atoms with Crippen LogP contribution in [0.3, 0.4) is 0 Å². The highest BCUT2D eigenvalue weighted by molar-refractivity contribution is 6.39. The molecule has 2 aromatic rings. The lowest BCUT2D eigenvalue weighted by molar-refractivity contribution is -0.136. The number of carbonyl (C=O) groups is 3. The highest BCUT2D eigenvalue weighted by Gasteiger charge is 2.24. The van der Waals surface area contributed by atoms with E-state index in [2.05, 4.69) is 22.5 Å². The van der Waals surface area contributed by atoms with Gasteiger partial charge >= 0.3 is 11.8 Å². The first kappa shape index (κ1) is 20.5. The van der Waals surface area contributed by atoms with Crippen LogP contribution in [0.15, 0.2) is 48.8 Å². The predicted molar refractivity (Wildman–Crippen MR) is 110 cm³/mol. The average Bonchev–Trinajstić information content (AvgIpc) is 2.78. The minimum absolute atomic E-state index is 0.0194. The fraction of sp³-hybridized carbons (Fsp3) is 0.364. The zero-order valence-electron chi connectivity index (χ0n) is 16.6. The number of aromatic nitrogens is 1. The van der Waals surface area contributed by atoms with Gasteiger partial charge in [0.2, 0.25) is 0 Å². The molecule has 1 aliphatic heterocycles. The number of carbonyl (C=O) groups excluding carboxylic acids is 3. The standard InChI is InChI=1S/C22H26N4O3/c1-2-16-5-7-19(8-6-16)25-21(28)20(27)24-14-17-9-12-26(13-10-17)22(29)18-4-3-11-23-15-18/h3-8,11,15,17H,2,9-10,12-14H2,1H3,(H,24,27)(H,25,28). The Balaban J connectivity index is 1.40. The van der Waals surface area contributed by atoms with E-state index in [0.29, 0.717) is 30.9 Å². The fourth-order valence-electron chi connectivity index (χ4n) is 3.34. The van der Waals surface area contributed by atoms with E-state index in [1.807, 2.05) is 17.0 Å². The summed E-state index contributed by atoms with van der Waals surface area (Å²) in [6.45, 7) is 3.74. The molecule has 0 unspecified atom stereocenters. The molecule has 3 rings (SSSR count). The fourth-order valence-corrected chi connectivity index (χ4v) is 3.34. The van der Waals surface area contributed by atoms with Crippen molar-refractivity contribution in [3.63, 3.8) is 0 Å². The SMILES string of the molecule is CCc1ccc(NC(=O)C(=O)NCC2CCN(C(=O)c3cccnc3)CC2)cc1. The number of rotatable bonds is 5. The Morgan fingerprint density at radius 3 is 2.41 bits per heavy atom. The molecule has 2 heterocycles. The van der Waals surface area contributed by atoms with Crippen LogP contribution < -0.4 is 10.6 Å². The molecule has 1 aliphatic rings. The first-order valence-electron chi connectivity index (χ1n) is 9.94. The van der Waals surface area contributed by atoms with E-state index in [4.69, 9.17) is 0 Å². The quantitative estimate of drug-likeness (QED) is 0.761. The maximum Gasteiger partial charge on any atom is 0.313 e. The Morgan fingerprint density at radius 1 is 1.07 bits per heavy atom. The summed E-state index contributed by atoms with van der Waals surface area (Å²) < 4.78 is 0. The van der Waals surface area contributed by atoms with Crippen LogP contribution in [0.1, 0.15) is 35.7 Å². The number of hydrogen-bond donors (Lipinski definition) is 2. The molecule has 2 N–H and O–H groups in total. The van der Waals surface area contributed by atoms with Crippen molar-refractivity contribution in [1.29, 1.82) is 0 Å². The molecule has 0 aliphatic carbocycles. The van der Waals surface area contributed by atoms with Crippen molar-refractivity contribution in [2.45, 2.75) is 26.2 Å². The average molecular weight is 394 g/mol. The van der Waals surface area contributed by atoms with Gasteiger partial charge < -0.3 is 15.5 Å². The van der Waals surface area contributed by atoms with E-state index in [1.165, 1.54) is 5.56 Å². The van der Waals surface area contributed by atoms with Gasteiger partial charge in [-0.3, -0.25) is 19.4 Å². The maximum atomic E-state index is 12.4. The molecule has 0 saturated carbocycles. The van der Waals surface area contributed by atoms with Crippen LogP contribution in [0.5, 0.6) is 0 Å². The topological polar surface area (TPSA) is 91.4 Å². The van der Waals surface area contributed by atoms with Gasteiger partial charge in [0.05, 0.1) is 5.56 Å². The second-order valence-corrected chi connectivity index (χ2v) is 7.19. The third-order valence-corrected chi connectivity index (χ3v) is 5.19. The monoisotopic (exact) mass is 394 g/mol. The Kier molecular flexibility index (Phi) is 6.94. The molecule has 0 spiro atoms. The van der Waals surface area contributed by atoms with E-state index >= 15 is 0 Å². The zero-order valence-corrected chi connectivity index (χ0v) is 16.6. The van der Waals surface area contributed by atoms with Gasteiger partial charge in [-0.2, -0.15) is 0 Å². The number of pyridine rings is 1. The normalized spacial score (nSPS) is 14.3. The van der Waals surface area contributed by atoms with Gasteiger partial charge in [-0.1, -0.05) is 19.1 Å². The number of anilines is 1. The summed E-state index contributed by atoms with van der Waals surface area (Å²) in [6, 6.07) is 10.9. The Morgan fingerprint density at radius 2 is 1.79 bits per heavy atom. The van der Waals surface area contributed by atoms with Gasteiger partial charge in [0.15, 0.2) is 0 Å². The minimum Gasteiger partial charge on any atom is -0.348 e. The molecule has 7 heteroatoms. The van der Waals surface area contributed by atoms with E-state index in [-0.39, 0.29) is 11.8 Å². The lowest BCUT2D eigenvalue weighted by atomic mass is 9.96. The van der Waals surface area contributed by atoms with Crippen LogP contribution in [0, 0.1) is 5.92 Å². The first-order chi connectivity index (χ1) is 14.1. The number of nitrogens with zero attached hydrogens (tertiary/aromatic N) is 2. The third-order valence-electron chi connectivity index (χ3n) is 5.19. The summed E-state index contributed by atoms with van der Waals surface area (Å²) in [6.07, 6.45) is 5.70. The van der Waals surface area contributed by atoms with Crippen molar-refractivity contribution in [3.8, 4) is 0 Å². The minimum atomic E-state index is -0.668. The Hall–Kier alpha value is -3.22. The number of amides is 3. The molecular formula is C22H26N4O3. The van der Waals surface area contributed by atoms with Gasteiger partial charge in [-0.05, 0) is 55.0 Å². The number of aryl methyl sites for hydroxylation is 1. The van der Waals surface area contributed by atoms with Gasteiger partial charge in [-0.25, -0.2) is 0 Å². The summed E-state index contributed by atoms with van der Waals surface area (Å²) in [4.78, 5) is 42.4. The van der Waals surface area contributed by atoms with Crippen LogP contribution in [-0.2, 0) is 16.0 Å². The van der Waals surface area contributed by atoms with Crippen molar-refractivity contribution >= 4 is 23.4 Å². The molecule has 1 aromatic heterocycles. The van der Waals surface area contributed by atoms with E-state index < -0.39 is 11.8 Å². The summed E-state index contributed by atoms with van der Waals surface area (Å²) in [7, 11) is 0. The number of benzene rings is 1. The van der Waals surface area contributed by atoms with Crippen molar-refractivity contribution in [2.24, 2.45) is 5.92 Å². The summed E-state index contributed by atoms with van der Waals surface area (Å²) in [5.41, 5.74) is 2.35. The molecule has 0 atom stereocenters. The van der Waals surface area contributed by atoms with E-state index in [1.54, 1.807) is 36.7 Å². The highest BCUT2D eigenvalue weighted by atomic mass is 16.2. The molecular weight excluding hydrogens is 368 g/mol. The molecule has 0 radical (unpaired) electrons. The summed E-state index contributed by atoms with van der Waals surface area (Å²) in [5.74, 6) is -1.08. The second kappa shape index (κ2) is 9.82. The third kappa shape index (κ3) is 5.63. The molecule has 1 aromatic carbocycles. The lowest BCUT2D eigenvalue weighted by Gasteiger charge is -2.32. The smallest absolute Gasteiger partial charge is 0.313 e. The Labute approximate surface area is 170 Å². The second-order valence-electron chi connectivity index (χ2n) is 7.19. The van der Waals surface area contributed by atoms with Crippen molar-refractivity contribution in [2.75, 3.05) is 25.0 Å². The zero-order chi connectivity index (χ0) is 20.6. The maximum absolute atomic E-state index is 12.4. The number of nitrogens with one attached hydrogen (secondary N) is 2. The van der Waals surface area contributed by atoms with Gasteiger partial charge in [-0.15, -0.1) is 0 Å². The van der Waals surface area contributed by atoms with Crippen LogP contribution in [0.2, 0.25) is 0 Å². The van der Waals surface area contributed by atoms with Gasteiger partial charge in [0.1, 0.15) is 0 Å². The molecule has 152 valence electrons. The van der Waals surface area contributed by atoms with Crippen LogP contribution in [0.25, 0.3) is 0 Å². The van der Waals surface area contributed by atoms with Gasteiger partial charge in [0.25, 0.3) is 5.91 Å². The van der Waals surface area contributed by atoms with Crippen LogP contribution in [-0.4, -0.2) is 47.2 Å². The van der Waals surface area contributed by atoms with E-state index in [9.17, 15) is 14.4 Å². The molecule has 3 amide bonds. The Bertz CT molecular complexity index is 844. The van der Waals surface area contributed by atoms with Gasteiger partial charge in [0, 0.05) is 37.7 Å². The molecule has 0 bridgehead atoms. The largest absolute Gasteiger partial charge is 0.348 e. The molecule has 1 saturated heterocycles. The number of likely N-dealkylation sites (tertiary alicyclic amines) is 1. The van der Waals surface area contributed by atoms with Crippen LogP contribution >= 0.6 is 0 Å².